The molecular weight excluding hydrogens is 318 g/mol. The van der Waals surface area contributed by atoms with Crippen LogP contribution in [0.2, 0.25) is 0 Å². The van der Waals surface area contributed by atoms with E-state index in [1.54, 1.807) is 17.9 Å². The van der Waals surface area contributed by atoms with Crippen molar-refractivity contribution in [2.24, 2.45) is 5.41 Å². The van der Waals surface area contributed by atoms with E-state index in [1.807, 2.05) is 42.8 Å². The largest absolute Gasteiger partial charge is 0.481 e. The lowest BCUT2D eigenvalue weighted by atomic mass is 9.90. The molecule has 1 saturated heterocycles. The van der Waals surface area contributed by atoms with Crippen LogP contribution in [-0.4, -0.2) is 44.8 Å². The predicted octanol–water partition coefficient (Wildman–Crippen LogP) is 2.49. The number of rotatable bonds is 4. The molecule has 1 aliphatic rings. The number of benzene rings is 1. The molecule has 1 unspecified atom stereocenters. The smallest absolute Gasteiger partial charge is 0.311 e. The molecule has 0 saturated carbocycles. The summed E-state index contributed by atoms with van der Waals surface area (Å²) in [6, 6.07) is 9.50. The van der Waals surface area contributed by atoms with Crippen molar-refractivity contribution in [1.29, 1.82) is 0 Å². The average Bonchev–Trinajstić information content (AvgIpc) is 3.11. The molecule has 25 heavy (non-hydrogen) atoms. The van der Waals surface area contributed by atoms with Crippen molar-refractivity contribution < 1.29 is 14.7 Å². The van der Waals surface area contributed by atoms with Gasteiger partial charge in [0.1, 0.15) is 0 Å². The minimum atomic E-state index is -0.850. The van der Waals surface area contributed by atoms with Crippen molar-refractivity contribution in [2.75, 3.05) is 13.1 Å². The summed E-state index contributed by atoms with van der Waals surface area (Å²) in [6.07, 6.45) is 0.486. The molecule has 0 spiro atoms. The summed E-state index contributed by atoms with van der Waals surface area (Å²) in [7, 11) is 0. The summed E-state index contributed by atoms with van der Waals surface area (Å²) in [5.74, 6) is -0.957. The average molecular weight is 341 g/mol. The summed E-state index contributed by atoms with van der Waals surface area (Å²) in [6.45, 7) is 6.99. The van der Waals surface area contributed by atoms with Crippen molar-refractivity contribution >= 4 is 11.9 Å². The third-order valence-electron chi connectivity index (χ3n) is 4.89. The van der Waals surface area contributed by atoms with Crippen molar-refractivity contribution in [3.05, 3.63) is 52.8 Å². The van der Waals surface area contributed by atoms with E-state index in [2.05, 4.69) is 5.10 Å². The number of aliphatic carboxylic acids is 1. The van der Waals surface area contributed by atoms with Gasteiger partial charge in [0.25, 0.3) is 5.91 Å². The summed E-state index contributed by atoms with van der Waals surface area (Å²) in [4.78, 5) is 25.8. The Balaban J connectivity index is 1.76. The first-order chi connectivity index (χ1) is 11.8. The van der Waals surface area contributed by atoms with Crippen molar-refractivity contribution in [3.63, 3.8) is 0 Å². The van der Waals surface area contributed by atoms with Crippen LogP contribution in [0.1, 0.15) is 40.7 Å². The van der Waals surface area contributed by atoms with Gasteiger partial charge < -0.3 is 10.0 Å². The van der Waals surface area contributed by atoms with Crippen LogP contribution in [0.3, 0.4) is 0 Å². The van der Waals surface area contributed by atoms with E-state index in [1.165, 1.54) is 0 Å². The Morgan fingerprint density at radius 1 is 1.28 bits per heavy atom. The molecule has 1 aromatic heterocycles. The number of hydrogen-bond acceptors (Lipinski definition) is 3. The molecule has 132 valence electrons. The van der Waals surface area contributed by atoms with Gasteiger partial charge in [-0.15, -0.1) is 0 Å². The molecule has 1 N–H and O–H groups in total. The number of aromatic nitrogens is 2. The van der Waals surface area contributed by atoms with Crippen LogP contribution < -0.4 is 0 Å². The third kappa shape index (κ3) is 3.43. The first-order valence-corrected chi connectivity index (χ1v) is 8.41. The molecule has 1 fully saturated rings. The van der Waals surface area contributed by atoms with Crippen LogP contribution >= 0.6 is 0 Å². The van der Waals surface area contributed by atoms with Crippen LogP contribution in [0.25, 0.3) is 0 Å². The molecule has 1 aliphatic heterocycles. The van der Waals surface area contributed by atoms with Gasteiger partial charge in [0, 0.05) is 24.3 Å². The van der Waals surface area contributed by atoms with Gasteiger partial charge in [-0.1, -0.05) is 12.1 Å². The van der Waals surface area contributed by atoms with Gasteiger partial charge in [-0.05, 0) is 51.0 Å². The fourth-order valence-electron chi connectivity index (χ4n) is 3.30. The zero-order chi connectivity index (χ0) is 18.2. The molecular formula is C19H23N3O3. The van der Waals surface area contributed by atoms with Crippen molar-refractivity contribution in [1.82, 2.24) is 14.7 Å². The number of carboxylic acids is 1. The summed E-state index contributed by atoms with van der Waals surface area (Å²) in [5, 5.41) is 13.8. The number of amides is 1. The molecule has 2 heterocycles. The minimum absolute atomic E-state index is 0.111. The van der Waals surface area contributed by atoms with Crippen molar-refractivity contribution in [3.8, 4) is 0 Å². The van der Waals surface area contributed by atoms with Crippen LogP contribution in [0.5, 0.6) is 0 Å². The topological polar surface area (TPSA) is 75.4 Å². The quantitative estimate of drug-likeness (QED) is 0.927. The highest BCUT2D eigenvalue weighted by Crippen LogP contribution is 2.31. The van der Waals surface area contributed by atoms with E-state index < -0.39 is 11.4 Å². The number of carbonyl (C=O) groups excluding carboxylic acids is 1. The Labute approximate surface area is 147 Å². The minimum Gasteiger partial charge on any atom is -0.481 e. The maximum Gasteiger partial charge on any atom is 0.311 e. The van der Waals surface area contributed by atoms with E-state index in [0.717, 1.165) is 17.0 Å². The summed E-state index contributed by atoms with van der Waals surface area (Å²) in [5.41, 5.74) is 2.78. The molecule has 0 radical (unpaired) electrons. The van der Waals surface area contributed by atoms with E-state index in [9.17, 15) is 14.7 Å². The Bertz CT molecular complexity index is 827. The SMILES string of the molecule is Cc1cc(C)n(Cc2cccc(C(=O)N3CCC(C)(C(=O)O)C3)c2)n1. The fourth-order valence-corrected chi connectivity index (χ4v) is 3.30. The zero-order valence-electron chi connectivity index (χ0n) is 14.8. The monoisotopic (exact) mass is 341 g/mol. The highest BCUT2D eigenvalue weighted by atomic mass is 16.4. The lowest BCUT2D eigenvalue weighted by Crippen LogP contribution is -2.34. The second-order valence-corrected chi connectivity index (χ2v) is 7.13. The molecule has 1 amide bonds. The van der Waals surface area contributed by atoms with Gasteiger partial charge >= 0.3 is 5.97 Å². The Kier molecular flexibility index (Phi) is 4.37. The number of likely N-dealkylation sites (tertiary alicyclic amines) is 1. The number of aryl methyl sites for hydroxylation is 2. The Morgan fingerprint density at radius 3 is 2.64 bits per heavy atom. The second-order valence-electron chi connectivity index (χ2n) is 7.13. The maximum atomic E-state index is 12.7. The normalized spacial score (nSPS) is 20.0. The van der Waals surface area contributed by atoms with Crippen molar-refractivity contribution in [2.45, 2.75) is 33.7 Å². The lowest BCUT2D eigenvalue weighted by Gasteiger charge is -2.20. The first kappa shape index (κ1) is 17.2. The molecule has 3 rings (SSSR count). The van der Waals surface area contributed by atoms with Gasteiger partial charge in [0.2, 0.25) is 0 Å². The van der Waals surface area contributed by atoms with E-state index in [4.69, 9.17) is 0 Å². The zero-order valence-corrected chi connectivity index (χ0v) is 14.8. The van der Waals surface area contributed by atoms with Crippen LogP contribution in [-0.2, 0) is 11.3 Å². The van der Waals surface area contributed by atoms with Gasteiger partial charge in [-0.3, -0.25) is 14.3 Å². The van der Waals surface area contributed by atoms with Gasteiger partial charge in [0.05, 0.1) is 17.7 Å². The Hall–Kier alpha value is -2.63. The molecule has 1 atom stereocenters. The number of nitrogens with zero attached hydrogens (tertiary/aromatic N) is 3. The van der Waals surface area contributed by atoms with E-state index in [-0.39, 0.29) is 12.5 Å². The molecule has 0 bridgehead atoms. The van der Waals surface area contributed by atoms with Crippen LogP contribution in [0, 0.1) is 19.3 Å². The standard InChI is InChI=1S/C19H23N3O3/c1-13-9-14(2)22(20-13)11-15-5-4-6-16(10-15)17(23)21-8-7-19(3,12-21)18(24)25/h4-6,9-10H,7-8,11-12H2,1-3H3,(H,24,25). The first-order valence-electron chi connectivity index (χ1n) is 8.41. The van der Waals surface area contributed by atoms with Crippen LogP contribution in [0.4, 0.5) is 0 Å². The van der Waals surface area contributed by atoms with Gasteiger partial charge in [-0.2, -0.15) is 5.10 Å². The highest BCUT2D eigenvalue weighted by molar-refractivity contribution is 5.95. The maximum absolute atomic E-state index is 12.7. The van der Waals surface area contributed by atoms with Crippen LogP contribution in [0.15, 0.2) is 30.3 Å². The van der Waals surface area contributed by atoms with E-state index >= 15 is 0 Å². The molecule has 6 nitrogen and oxygen atoms in total. The Morgan fingerprint density at radius 2 is 2.04 bits per heavy atom. The van der Waals surface area contributed by atoms with Gasteiger partial charge in [0.15, 0.2) is 0 Å². The fraction of sp³-hybridized carbons (Fsp3) is 0.421. The second kappa shape index (κ2) is 6.35. The molecule has 0 aliphatic carbocycles. The third-order valence-corrected chi connectivity index (χ3v) is 4.89. The highest BCUT2D eigenvalue weighted by Gasteiger charge is 2.42. The summed E-state index contributed by atoms with van der Waals surface area (Å²) < 4.78 is 1.91. The van der Waals surface area contributed by atoms with E-state index in [0.29, 0.717) is 25.1 Å². The molecule has 6 heteroatoms. The predicted molar refractivity (Wildman–Crippen MR) is 93.5 cm³/mol. The lowest BCUT2D eigenvalue weighted by molar-refractivity contribution is -0.147. The molecule has 2 aromatic rings. The summed E-state index contributed by atoms with van der Waals surface area (Å²) >= 11 is 0. The molecule has 1 aromatic carbocycles. The van der Waals surface area contributed by atoms with Gasteiger partial charge in [-0.25, -0.2) is 0 Å². The number of hydrogen-bond donors (Lipinski definition) is 1. The number of carbonyl (C=O) groups is 2. The number of carboxylic acid groups (broad SMARTS) is 1.